The van der Waals surface area contributed by atoms with Crippen LogP contribution in [0.1, 0.15) is 32.6 Å². The van der Waals surface area contributed by atoms with Gasteiger partial charge < -0.3 is 15.4 Å². The van der Waals surface area contributed by atoms with Crippen LogP contribution < -0.4 is 10.6 Å². The number of ether oxygens (including phenoxy) is 1. The van der Waals surface area contributed by atoms with Gasteiger partial charge >= 0.3 is 0 Å². The van der Waals surface area contributed by atoms with Crippen LogP contribution in [0.4, 0.5) is 0 Å². The van der Waals surface area contributed by atoms with Gasteiger partial charge in [0.25, 0.3) is 0 Å². The van der Waals surface area contributed by atoms with Crippen LogP contribution in [-0.2, 0) is 9.53 Å². The minimum Gasteiger partial charge on any atom is -0.384 e. The maximum absolute atomic E-state index is 11.9. The number of nitrogens with one attached hydrogen (secondary N) is 2. The zero-order valence-corrected chi connectivity index (χ0v) is 12.2. The maximum atomic E-state index is 11.9. The SMILES string of the molecule is COCC1(CNC(=O)C2(C)CC2)CCNCC1.Cl. The summed E-state index contributed by atoms with van der Waals surface area (Å²) < 4.78 is 5.34. The molecule has 4 nitrogen and oxygen atoms in total. The Morgan fingerprint density at radius 2 is 1.89 bits per heavy atom. The summed E-state index contributed by atoms with van der Waals surface area (Å²) in [5.41, 5.74) is 0.0715. The van der Waals surface area contributed by atoms with Crippen molar-refractivity contribution in [1.29, 1.82) is 0 Å². The molecule has 5 heteroatoms. The Bertz CT molecular complexity index is 281. The molecule has 0 bridgehead atoms. The van der Waals surface area contributed by atoms with E-state index in [-0.39, 0.29) is 29.1 Å². The van der Waals surface area contributed by atoms with Gasteiger partial charge in [-0.3, -0.25) is 4.79 Å². The molecule has 106 valence electrons. The molecule has 0 aromatic carbocycles. The second-order valence-corrected chi connectivity index (χ2v) is 5.93. The summed E-state index contributed by atoms with van der Waals surface area (Å²) >= 11 is 0. The quantitative estimate of drug-likeness (QED) is 0.797. The molecule has 0 unspecified atom stereocenters. The summed E-state index contributed by atoms with van der Waals surface area (Å²) in [6, 6.07) is 0. The molecule has 1 saturated heterocycles. The van der Waals surface area contributed by atoms with Crippen molar-refractivity contribution in [3.8, 4) is 0 Å². The molecule has 18 heavy (non-hydrogen) atoms. The number of rotatable bonds is 5. The lowest BCUT2D eigenvalue weighted by Gasteiger charge is -2.37. The minimum atomic E-state index is -0.0683. The molecule has 0 atom stereocenters. The largest absolute Gasteiger partial charge is 0.384 e. The van der Waals surface area contributed by atoms with Crippen LogP contribution in [0.3, 0.4) is 0 Å². The summed E-state index contributed by atoms with van der Waals surface area (Å²) in [4.78, 5) is 11.9. The van der Waals surface area contributed by atoms with Gasteiger partial charge in [0.15, 0.2) is 0 Å². The fraction of sp³-hybridized carbons (Fsp3) is 0.923. The third kappa shape index (κ3) is 3.59. The van der Waals surface area contributed by atoms with Gasteiger partial charge in [-0.2, -0.15) is 0 Å². The average molecular weight is 277 g/mol. The van der Waals surface area contributed by atoms with Gasteiger partial charge in [-0.05, 0) is 38.8 Å². The number of carbonyl (C=O) groups is 1. The Balaban J connectivity index is 0.00000162. The highest BCUT2D eigenvalue weighted by molar-refractivity contribution is 5.85. The van der Waals surface area contributed by atoms with Gasteiger partial charge in [-0.15, -0.1) is 12.4 Å². The Kier molecular flexibility index (Phi) is 5.44. The Labute approximate surface area is 116 Å². The standard InChI is InChI=1S/C13H24N2O2.ClH/c1-12(3-4-12)11(16)15-9-13(10-17-2)5-7-14-8-6-13;/h14H,3-10H2,1-2H3,(H,15,16);1H. The molecule has 0 spiro atoms. The van der Waals surface area contributed by atoms with E-state index >= 15 is 0 Å². The number of carbonyl (C=O) groups excluding carboxylic acids is 1. The predicted molar refractivity (Wildman–Crippen MR) is 74.0 cm³/mol. The number of piperidine rings is 1. The van der Waals surface area contributed by atoms with E-state index in [4.69, 9.17) is 4.74 Å². The van der Waals surface area contributed by atoms with Crippen molar-refractivity contribution in [2.24, 2.45) is 10.8 Å². The van der Waals surface area contributed by atoms with Crippen LogP contribution in [0.5, 0.6) is 0 Å². The van der Waals surface area contributed by atoms with Crippen LogP contribution in [-0.4, -0.2) is 39.3 Å². The summed E-state index contributed by atoms with van der Waals surface area (Å²) in [5.74, 6) is 0.228. The number of hydrogen-bond acceptors (Lipinski definition) is 3. The fourth-order valence-corrected chi connectivity index (χ4v) is 2.53. The van der Waals surface area contributed by atoms with E-state index in [9.17, 15) is 4.79 Å². The summed E-state index contributed by atoms with van der Waals surface area (Å²) in [5, 5.41) is 6.49. The van der Waals surface area contributed by atoms with Crippen LogP contribution in [0, 0.1) is 10.8 Å². The van der Waals surface area contributed by atoms with Gasteiger partial charge in [0.05, 0.1) is 6.61 Å². The van der Waals surface area contributed by atoms with Crippen molar-refractivity contribution < 1.29 is 9.53 Å². The van der Waals surface area contributed by atoms with Crippen LogP contribution in [0.2, 0.25) is 0 Å². The lowest BCUT2D eigenvalue weighted by atomic mass is 9.79. The van der Waals surface area contributed by atoms with Crippen molar-refractivity contribution in [2.75, 3.05) is 33.4 Å². The van der Waals surface area contributed by atoms with E-state index in [0.29, 0.717) is 0 Å². The third-order valence-electron chi connectivity index (χ3n) is 4.29. The van der Waals surface area contributed by atoms with Crippen molar-refractivity contribution in [3.05, 3.63) is 0 Å². The normalized spacial score (nSPS) is 23.9. The summed E-state index contributed by atoms with van der Waals surface area (Å²) in [6.07, 6.45) is 4.24. The molecule has 1 aliphatic heterocycles. The second-order valence-electron chi connectivity index (χ2n) is 5.93. The minimum absolute atomic E-state index is 0. The highest BCUT2D eigenvalue weighted by atomic mass is 35.5. The lowest BCUT2D eigenvalue weighted by molar-refractivity contribution is -0.126. The van der Waals surface area contributed by atoms with E-state index < -0.39 is 0 Å². The van der Waals surface area contributed by atoms with Crippen LogP contribution in [0.25, 0.3) is 0 Å². The van der Waals surface area contributed by atoms with Gasteiger partial charge in [-0.25, -0.2) is 0 Å². The monoisotopic (exact) mass is 276 g/mol. The Hall–Kier alpha value is -0.320. The fourth-order valence-electron chi connectivity index (χ4n) is 2.53. The van der Waals surface area contributed by atoms with Crippen LogP contribution >= 0.6 is 12.4 Å². The van der Waals surface area contributed by atoms with Crippen molar-refractivity contribution in [1.82, 2.24) is 10.6 Å². The summed E-state index contributed by atoms with van der Waals surface area (Å²) in [7, 11) is 1.74. The maximum Gasteiger partial charge on any atom is 0.225 e. The highest BCUT2D eigenvalue weighted by Gasteiger charge is 2.45. The molecule has 1 heterocycles. The van der Waals surface area contributed by atoms with Gasteiger partial charge in [0.1, 0.15) is 0 Å². The zero-order chi connectivity index (χ0) is 12.4. The molecule has 0 aromatic rings. The molecule has 1 saturated carbocycles. The van der Waals surface area contributed by atoms with E-state index in [1.54, 1.807) is 7.11 Å². The first-order chi connectivity index (χ1) is 8.10. The van der Waals surface area contributed by atoms with Gasteiger partial charge in [-0.1, -0.05) is 6.92 Å². The molecule has 1 aliphatic carbocycles. The molecule has 2 fully saturated rings. The van der Waals surface area contributed by atoms with Gasteiger partial charge in [0, 0.05) is 24.5 Å². The van der Waals surface area contributed by atoms with Crippen molar-refractivity contribution in [3.63, 3.8) is 0 Å². The number of methoxy groups -OCH3 is 1. The van der Waals surface area contributed by atoms with E-state index in [1.165, 1.54) is 0 Å². The molecular weight excluding hydrogens is 252 g/mol. The molecule has 0 radical (unpaired) electrons. The molecule has 2 aliphatic rings. The lowest BCUT2D eigenvalue weighted by Crippen LogP contribution is -2.48. The van der Waals surface area contributed by atoms with Gasteiger partial charge in [0.2, 0.25) is 5.91 Å². The third-order valence-corrected chi connectivity index (χ3v) is 4.29. The molecule has 0 aromatic heterocycles. The smallest absolute Gasteiger partial charge is 0.225 e. The van der Waals surface area contributed by atoms with Crippen molar-refractivity contribution >= 4 is 18.3 Å². The first-order valence-corrected chi connectivity index (χ1v) is 6.58. The molecule has 2 rings (SSSR count). The first kappa shape index (κ1) is 15.7. The Morgan fingerprint density at radius 1 is 1.28 bits per heavy atom. The van der Waals surface area contributed by atoms with E-state index in [0.717, 1.165) is 51.9 Å². The number of halogens is 1. The highest BCUT2D eigenvalue weighted by Crippen LogP contribution is 2.45. The van der Waals surface area contributed by atoms with E-state index in [2.05, 4.69) is 10.6 Å². The zero-order valence-electron chi connectivity index (χ0n) is 11.4. The average Bonchev–Trinajstić information content (AvgIpc) is 3.07. The molecule has 1 amide bonds. The number of hydrogen-bond donors (Lipinski definition) is 2. The topological polar surface area (TPSA) is 50.4 Å². The number of amides is 1. The van der Waals surface area contributed by atoms with Crippen molar-refractivity contribution in [2.45, 2.75) is 32.6 Å². The Morgan fingerprint density at radius 3 is 2.39 bits per heavy atom. The molecule has 2 N–H and O–H groups in total. The summed E-state index contributed by atoms with van der Waals surface area (Å²) in [6.45, 7) is 5.60. The predicted octanol–water partition coefficient (Wildman–Crippen LogP) is 1.34. The second kappa shape index (κ2) is 6.22. The van der Waals surface area contributed by atoms with E-state index in [1.807, 2.05) is 6.92 Å². The van der Waals surface area contributed by atoms with Crippen LogP contribution in [0.15, 0.2) is 0 Å². The first-order valence-electron chi connectivity index (χ1n) is 6.58. The molecular formula is C13H25ClN2O2.